The maximum absolute atomic E-state index is 13.9. The van der Waals surface area contributed by atoms with E-state index in [1.54, 1.807) is 48.5 Å². The summed E-state index contributed by atoms with van der Waals surface area (Å²) < 4.78 is 20.3. The predicted molar refractivity (Wildman–Crippen MR) is 142 cm³/mol. The molecule has 0 bridgehead atoms. The van der Waals surface area contributed by atoms with Crippen molar-refractivity contribution in [1.29, 1.82) is 0 Å². The van der Waals surface area contributed by atoms with Gasteiger partial charge in [-0.2, -0.15) is 0 Å². The van der Waals surface area contributed by atoms with Crippen molar-refractivity contribution in [3.63, 3.8) is 0 Å². The zero-order valence-electron chi connectivity index (χ0n) is 19.5. The molecule has 0 spiro atoms. The number of carbonyl (C=O) groups excluding carboxylic acids is 3. The number of hydrogen-bond acceptors (Lipinski definition) is 5. The van der Waals surface area contributed by atoms with Crippen molar-refractivity contribution < 1.29 is 23.5 Å². The van der Waals surface area contributed by atoms with Crippen LogP contribution in [0.4, 0.5) is 14.9 Å². The average molecular weight is 569 g/mol. The maximum atomic E-state index is 13.9. The molecule has 3 aromatic carbocycles. The first-order valence-electron chi connectivity index (χ1n) is 11.0. The number of carbonyl (C=O) groups is 3. The fourth-order valence-corrected chi connectivity index (χ4v) is 4.85. The molecule has 4 rings (SSSR count). The molecule has 1 fully saturated rings. The smallest absolute Gasteiger partial charge is 0.293 e. The molecule has 1 aliphatic rings. The Labute approximate surface area is 220 Å². The van der Waals surface area contributed by atoms with Gasteiger partial charge in [0.1, 0.15) is 11.6 Å². The van der Waals surface area contributed by atoms with Crippen molar-refractivity contribution in [1.82, 2.24) is 4.90 Å². The lowest BCUT2D eigenvalue weighted by Gasteiger charge is -2.12. The molecule has 9 heteroatoms. The maximum Gasteiger partial charge on any atom is 0.293 e. The van der Waals surface area contributed by atoms with E-state index >= 15 is 0 Å². The van der Waals surface area contributed by atoms with E-state index in [2.05, 4.69) is 21.2 Å². The van der Waals surface area contributed by atoms with E-state index in [1.165, 1.54) is 6.07 Å². The van der Waals surface area contributed by atoms with Crippen molar-refractivity contribution in [3.05, 3.63) is 98.1 Å². The second-order valence-electron chi connectivity index (χ2n) is 8.18. The Hall–Kier alpha value is -3.43. The fraction of sp³-hybridized carbons (Fsp3) is 0.148. The third-order valence-electron chi connectivity index (χ3n) is 5.57. The Morgan fingerprint density at radius 3 is 2.50 bits per heavy atom. The number of nitrogens with one attached hydrogen (secondary N) is 1. The van der Waals surface area contributed by atoms with Crippen LogP contribution in [0.25, 0.3) is 6.08 Å². The molecule has 0 aromatic heterocycles. The SMILES string of the molecule is Cc1cc(Br)c(NC(=O)COc2ccc(/C=C3\SC(=O)N(Cc4ccccc4F)C3=O)cc2)cc1C. The molecule has 1 N–H and O–H groups in total. The third-order valence-corrected chi connectivity index (χ3v) is 7.13. The number of thioether (sulfide) groups is 1. The lowest BCUT2D eigenvalue weighted by atomic mass is 10.1. The van der Waals surface area contributed by atoms with Crippen LogP contribution in [0, 0.1) is 19.7 Å². The standard InChI is InChI=1S/C27H22BrFN2O4S/c1-16-11-21(28)23(12-17(16)2)30-25(32)15-35-20-9-7-18(8-10-20)13-24-26(33)31(27(34)36-24)14-19-5-3-4-6-22(19)29/h3-13H,14-15H2,1-2H3,(H,30,32)/b24-13-. The number of rotatable bonds is 7. The Morgan fingerprint density at radius 1 is 1.08 bits per heavy atom. The van der Waals surface area contributed by atoms with Gasteiger partial charge in [-0.3, -0.25) is 19.3 Å². The molecule has 36 heavy (non-hydrogen) atoms. The minimum atomic E-state index is -0.470. The van der Waals surface area contributed by atoms with Crippen molar-refractivity contribution in [2.24, 2.45) is 0 Å². The van der Waals surface area contributed by atoms with Gasteiger partial charge in [0, 0.05) is 10.0 Å². The summed E-state index contributed by atoms with van der Waals surface area (Å²) in [6.07, 6.45) is 1.60. The van der Waals surface area contributed by atoms with Gasteiger partial charge in [0.05, 0.1) is 17.1 Å². The largest absolute Gasteiger partial charge is 0.484 e. The zero-order chi connectivity index (χ0) is 25.8. The number of hydrogen-bond donors (Lipinski definition) is 1. The van der Waals surface area contributed by atoms with E-state index in [0.717, 1.165) is 32.3 Å². The van der Waals surface area contributed by atoms with Gasteiger partial charge in [0.2, 0.25) is 0 Å². The summed E-state index contributed by atoms with van der Waals surface area (Å²) in [5.74, 6) is -0.755. The molecule has 0 saturated carbocycles. The highest BCUT2D eigenvalue weighted by Crippen LogP contribution is 2.34. The van der Waals surface area contributed by atoms with E-state index in [4.69, 9.17) is 4.74 Å². The first-order chi connectivity index (χ1) is 17.2. The summed E-state index contributed by atoms with van der Waals surface area (Å²) in [5.41, 5.74) is 3.81. The molecular weight excluding hydrogens is 547 g/mol. The molecule has 0 atom stereocenters. The van der Waals surface area contributed by atoms with Crippen molar-refractivity contribution >= 4 is 56.5 Å². The van der Waals surface area contributed by atoms with E-state index < -0.39 is 17.0 Å². The number of nitrogens with zero attached hydrogens (tertiary/aromatic N) is 1. The highest BCUT2D eigenvalue weighted by Gasteiger charge is 2.35. The molecule has 0 radical (unpaired) electrons. The summed E-state index contributed by atoms with van der Waals surface area (Å²) in [6, 6.07) is 16.7. The van der Waals surface area contributed by atoms with E-state index in [9.17, 15) is 18.8 Å². The number of benzene rings is 3. The van der Waals surface area contributed by atoms with Crippen LogP contribution in [0.3, 0.4) is 0 Å². The minimum absolute atomic E-state index is 0.123. The van der Waals surface area contributed by atoms with Crippen molar-refractivity contribution in [2.75, 3.05) is 11.9 Å². The van der Waals surface area contributed by atoms with Crippen LogP contribution in [0.5, 0.6) is 5.75 Å². The summed E-state index contributed by atoms with van der Waals surface area (Å²) in [7, 11) is 0. The van der Waals surface area contributed by atoms with Crippen LogP contribution < -0.4 is 10.1 Å². The van der Waals surface area contributed by atoms with Crippen molar-refractivity contribution in [2.45, 2.75) is 20.4 Å². The van der Waals surface area contributed by atoms with Crippen LogP contribution in [0.15, 0.2) is 70.0 Å². The van der Waals surface area contributed by atoms with E-state index in [1.807, 2.05) is 26.0 Å². The van der Waals surface area contributed by atoms with Crippen LogP contribution in [0.2, 0.25) is 0 Å². The molecule has 6 nitrogen and oxygen atoms in total. The second-order valence-corrected chi connectivity index (χ2v) is 10.0. The van der Waals surface area contributed by atoms with Crippen LogP contribution in [-0.4, -0.2) is 28.6 Å². The summed E-state index contributed by atoms with van der Waals surface area (Å²) in [4.78, 5) is 38.6. The number of imide groups is 1. The van der Waals surface area contributed by atoms with Crippen LogP contribution in [0.1, 0.15) is 22.3 Å². The number of aryl methyl sites for hydroxylation is 2. The molecule has 0 unspecified atom stereocenters. The van der Waals surface area contributed by atoms with Gasteiger partial charge < -0.3 is 10.1 Å². The quantitative estimate of drug-likeness (QED) is 0.331. The number of ether oxygens (including phenoxy) is 1. The Kier molecular flexibility index (Phi) is 7.91. The van der Waals surface area contributed by atoms with Gasteiger partial charge in [-0.25, -0.2) is 4.39 Å². The third kappa shape index (κ3) is 6.03. The Balaban J connectivity index is 1.35. The predicted octanol–water partition coefficient (Wildman–Crippen LogP) is 6.46. The average Bonchev–Trinajstić information content (AvgIpc) is 3.10. The van der Waals surface area contributed by atoms with Gasteiger partial charge in [-0.1, -0.05) is 30.3 Å². The first-order valence-corrected chi connectivity index (χ1v) is 12.6. The molecule has 1 heterocycles. The molecule has 184 valence electrons. The van der Waals surface area contributed by atoms with E-state index in [0.29, 0.717) is 17.0 Å². The molecule has 1 aliphatic heterocycles. The molecule has 3 amide bonds. The lowest BCUT2D eigenvalue weighted by molar-refractivity contribution is -0.123. The normalized spacial score (nSPS) is 14.4. The minimum Gasteiger partial charge on any atom is -0.484 e. The summed E-state index contributed by atoms with van der Waals surface area (Å²) in [6.45, 7) is 3.67. The monoisotopic (exact) mass is 568 g/mol. The highest BCUT2D eigenvalue weighted by molar-refractivity contribution is 9.10. The van der Waals surface area contributed by atoms with Gasteiger partial charge >= 0.3 is 0 Å². The zero-order valence-corrected chi connectivity index (χ0v) is 21.9. The molecule has 3 aromatic rings. The van der Waals surface area contributed by atoms with Crippen molar-refractivity contribution in [3.8, 4) is 5.75 Å². The van der Waals surface area contributed by atoms with E-state index in [-0.39, 0.29) is 29.5 Å². The molecule has 1 saturated heterocycles. The van der Waals surface area contributed by atoms with Gasteiger partial charge in [0.25, 0.3) is 17.1 Å². The number of halogens is 2. The highest BCUT2D eigenvalue weighted by atomic mass is 79.9. The summed E-state index contributed by atoms with van der Waals surface area (Å²) in [5, 5.41) is 2.37. The Morgan fingerprint density at radius 2 is 1.78 bits per heavy atom. The first kappa shape index (κ1) is 25.7. The van der Waals surface area contributed by atoms with Crippen LogP contribution in [-0.2, 0) is 16.1 Å². The van der Waals surface area contributed by atoms with Gasteiger partial charge in [-0.15, -0.1) is 0 Å². The summed E-state index contributed by atoms with van der Waals surface area (Å²) >= 11 is 4.27. The fourth-order valence-electron chi connectivity index (χ4n) is 3.46. The number of anilines is 1. The van der Waals surface area contributed by atoms with Gasteiger partial charge in [0.15, 0.2) is 6.61 Å². The molecular formula is C27H22BrFN2O4S. The Bertz CT molecular complexity index is 1370. The second kappa shape index (κ2) is 11.1. The van der Waals surface area contributed by atoms with Gasteiger partial charge in [-0.05, 0) is 94.6 Å². The lowest BCUT2D eigenvalue weighted by Crippen LogP contribution is -2.27. The van der Waals surface area contributed by atoms with Crippen LogP contribution >= 0.6 is 27.7 Å². The molecule has 0 aliphatic carbocycles. The topological polar surface area (TPSA) is 75.7 Å². The number of amides is 3.